The monoisotopic (exact) mass is 182 g/mol. The maximum absolute atomic E-state index is 8.67. The Kier molecular flexibility index (Phi) is 3.96. The van der Waals surface area contributed by atoms with Crippen LogP contribution >= 0.6 is 0 Å². The second-order valence-electron chi connectivity index (χ2n) is 3.33. The highest BCUT2D eigenvalue weighted by atomic mass is 16.2. The van der Waals surface area contributed by atoms with E-state index in [0.717, 1.165) is 31.5 Å². The van der Waals surface area contributed by atoms with Gasteiger partial charge in [0.05, 0.1) is 5.69 Å². The maximum Gasteiger partial charge on any atom is 0.106 e. The molecule has 0 atom stereocenters. The molecule has 74 valence electrons. The molecule has 0 saturated carbocycles. The summed E-state index contributed by atoms with van der Waals surface area (Å²) in [4.78, 5) is 7.71. The molecule has 0 aliphatic rings. The molecule has 0 spiro atoms. The number of hydrogen-bond acceptors (Lipinski definition) is 2. The summed E-state index contributed by atoms with van der Waals surface area (Å²) in [6.45, 7) is 4.45. The fraction of sp³-hybridized carbons (Fsp3) is 0.700. The lowest BCUT2D eigenvalue weighted by Crippen LogP contribution is -1.92. The molecule has 0 aliphatic heterocycles. The minimum Gasteiger partial charge on any atom is -0.396 e. The van der Waals surface area contributed by atoms with Gasteiger partial charge in [0.15, 0.2) is 0 Å². The molecule has 1 aromatic heterocycles. The SMILES string of the molecule is CCCc1nc(CCCO)[nH]c1C. The Balaban J connectivity index is 2.59. The molecule has 1 heterocycles. The molecule has 1 rings (SSSR count). The first-order valence-electron chi connectivity index (χ1n) is 4.93. The number of aryl methyl sites for hydroxylation is 3. The number of nitrogens with one attached hydrogen (secondary N) is 1. The summed E-state index contributed by atoms with van der Waals surface area (Å²) in [6, 6.07) is 0. The van der Waals surface area contributed by atoms with Crippen LogP contribution in [0.3, 0.4) is 0 Å². The first-order valence-corrected chi connectivity index (χ1v) is 4.93. The van der Waals surface area contributed by atoms with E-state index in [1.165, 1.54) is 11.4 Å². The van der Waals surface area contributed by atoms with Gasteiger partial charge in [-0.3, -0.25) is 0 Å². The molecule has 0 unspecified atom stereocenters. The van der Waals surface area contributed by atoms with E-state index in [1.54, 1.807) is 0 Å². The van der Waals surface area contributed by atoms with E-state index in [-0.39, 0.29) is 6.61 Å². The Morgan fingerprint density at radius 1 is 1.38 bits per heavy atom. The number of nitrogens with zero attached hydrogens (tertiary/aromatic N) is 1. The number of aromatic amines is 1. The number of H-pyrrole nitrogens is 1. The number of aliphatic hydroxyl groups is 1. The summed E-state index contributed by atoms with van der Waals surface area (Å²) in [7, 11) is 0. The second-order valence-corrected chi connectivity index (χ2v) is 3.33. The normalized spacial score (nSPS) is 10.7. The smallest absolute Gasteiger partial charge is 0.106 e. The van der Waals surface area contributed by atoms with Crippen LogP contribution < -0.4 is 0 Å². The molecular formula is C10H18N2O. The van der Waals surface area contributed by atoms with Gasteiger partial charge in [0, 0.05) is 18.7 Å². The molecule has 0 saturated heterocycles. The number of imidazole rings is 1. The third kappa shape index (κ3) is 2.84. The van der Waals surface area contributed by atoms with Gasteiger partial charge in [-0.1, -0.05) is 13.3 Å². The summed E-state index contributed by atoms with van der Waals surface area (Å²) in [5.74, 6) is 1.01. The maximum atomic E-state index is 8.67. The summed E-state index contributed by atoms with van der Waals surface area (Å²) in [5, 5.41) is 8.67. The van der Waals surface area contributed by atoms with Gasteiger partial charge in [0.2, 0.25) is 0 Å². The lowest BCUT2D eigenvalue weighted by Gasteiger charge is -1.92. The second kappa shape index (κ2) is 5.02. The van der Waals surface area contributed by atoms with Crippen molar-refractivity contribution in [2.45, 2.75) is 39.5 Å². The molecule has 2 N–H and O–H groups in total. The Hall–Kier alpha value is -0.830. The number of rotatable bonds is 5. The predicted molar refractivity (Wildman–Crippen MR) is 52.7 cm³/mol. The van der Waals surface area contributed by atoms with Gasteiger partial charge in [-0.25, -0.2) is 4.98 Å². The van der Waals surface area contributed by atoms with Crippen molar-refractivity contribution >= 4 is 0 Å². The highest BCUT2D eigenvalue weighted by molar-refractivity contribution is 5.13. The Morgan fingerprint density at radius 2 is 2.15 bits per heavy atom. The van der Waals surface area contributed by atoms with Gasteiger partial charge in [-0.2, -0.15) is 0 Å². The van der Waals surface area contributed by atoms with Crippen LogP contribution in [0.5, 0.6) is 0 Å². The predicted octanol–water partition coefficient (Wildman–Crippen LogP) is 1.60. The van der Waals surface area contributed by atoms with Crippen molar-refractivity contribution in [3.8, 4) is 0 Å². The Labute approximate surface area is 79.2 Å². The first kappa shape index (κ1) is 10.3. The van der Waals surface area contributed by atoms with E-state index in [9.17, 15) is 0 Å². The lowest BCUT2D eigenvalue weighted by molar-refractivity contribution is 0.287. The van der Waals surface area contributed by atoms with Crippen molar-refractivity contribution in [1.82, 2.24) is 9.97 Å². The topological polar surface area (TPSA) is 48.9 Å². The Bertz CT molecular complexity index is 255. The van der Waals surface area contributed by atoms with Crippen LogP contribution in [-0.4, -0.2) is 21.7 Å². The van der Waals surface area contributed by atoms with Gasteiger partial charge in [0.1, 0.15) is 5.82 Å². The fourth-order valence-electron chi connectivity index (χ4n) is 1.41. The minimum atomic E-state index is 0.239. The molecule has 0 radical (unpaired) electrons. The van der Waals surface area contributed by atoms with Crippen LogP contribution in [0.2, 0.25) is 0 Å². The quantitative estimate of drug-likeness (QED) is 0.726. The molecule has 0 amide bonds. The van der Waals surface area contributed by atoms with Gasteiger partial charge >= 0.3 is 0 Å². The molecule has 0 aromatic carbocycles. The zero-order chi connectivity index (χ0) is 9.68. The van der Waals surface area contributed by atoms with Gasteiger partial charge in [-0.05, 0) is 19.8 Å². The average molecular weight is 182 g/mol. The van der Waals surface area contributed by atoms with Crippen molar-refractivity contribution in [3.63, 3.8) is 0 Å². The van der Waals surface area contributed by atoms with Crippen molar-refractivity contribution < 1.29 is 5.11 Å². The van der Waals surface area contributed by atoms with Crippen LogP contribution in [-0.2, 0) is 12.8 Å². The van der Waals surface area contributed by atoms with E-state index in [0.29, 0.717) is 0 Å². The van der Waals surface area contributed by atoms with E-state index >= 15 is 0 Å². The molecule has 0 aliphatic carbocycles. The molecule has 3 nitrogen and oxygen atoms in total. The van der Waals surface area contributed by atoms with Gasteiger partial charge in [-0.15, -0.1) is 0 Å². The molecule has 1 aromatic rings. The third-order valence-corrected chi connectivity index (χ3v) is 2.09. The van der Waals surface area contributed by atoms with Crippen molar-refractivity contribution in [3.05, 3.63) is 17.2 Å². The third-order valence-electron chi connectivity index (χ3n) is 2.09. The van der Waals surface area contributed by atoms with E-state index in [4.69, 9.17) is 5.11 Å². The lowest BCUT2D eigenvalue weighted by atomic mass is 10.2. The largest absolute Gasteiger partial charge is 0.396 e. The molecule has 0 bridgehead atoms. The van der Waals surface area contributed by atoms with Gasteiger partial charge < -0.3 is 10.1 Å². The summed E-state index contributed by atoms with van der Waals surface area (Å²) < 4.78 is 0. The number of hydrogen-bond donors (Lipinski definition) is 2. The zero-order valence-electron chi connectivity index (χ0n) is 8.43. The standard InChI is InChI=1S/C10H18N2O/c1-3-5-9-8(2)11-10(12-9)6-4-7-13/h13H,3-7H2,1-2H3,(H,11,12). The van der Waals surface area contributed by atoms with E-state index < -0.39 is 0 Å². The number of aromatic nitrogens is 2. The van der Waals surface area contributed by atoms with Crippen molar-refractivity contribution in [2.24, 2.45) is 0 Å². The molecule has 0 fully saturated rings. The van der Waals surface area contributed by atoms with Crippen LogP contribution in [0.4, 0.5) is 0 Å². The van der Waals surface area contributed by atoms with E-state index in [1.807, 2.05) is 0 Å². The van der Waals surface area contributed by atoms with Crippen LogP contribution in [0.1, 0.15) is 37.0 Å². The Morgan fingerprint density at radius 3 is 2.77 bits per heavy atom. The van der Waals surface area contributed by atoms with E-state index in [2.05, 4.69) is 23.8 Å². The molecular weight excluding hydrogens is 164 g/mol. The summed E-state index contributed by atoms with van der Waals surface area (Å²) in [6.07, 6.45) is 3.81. The molecule has 3 heteroatoms. The minimum absolute atomic E-state index is 0.239. The zero-order valence-corrected chi connectivity index (χ0v) is 8.43. The average Bonchev–Trinajstić information content (AvgIpc) is 2.45. The summed E-state index contributed by atoms with van der Waals surface area (Å²) >= 11 is 0. The van der Waals surface area contributed by atoms with Crippen molar-refractivity contribution in [1.29, 1.82) is 0 Å². The first-order chi connectivity index (χ1) is 6.27. The van der Waals surface area contributed by atoms with Crippen LogP contribution in [0.25, 0.3) is 0 Å². The molecule has 13 heavy (non-hydrogen) atoms. The van der Waals surface area contributed by atoms with Crippen LogP contribution in [0, 0.1) is 6.92 Å². The highest BCUT2D eigenvalue weighted by Crippen LogP contribution is 2.08. The van der Waals surface area contributed by atoms with Crippen molar-refractivity contribution in [2.75, 3.05) is 6.61 Å². The summed E-state index contributed by atoms with van der Waals surface area (Å²) in [5.41, 5.74) is 2.35. The van der Waals surface area contributed by atoms with Crippen LogP contribution in [0.15, 0.2) is 0 Å². The van der Waals surface area contributed by atoms with Gasteiger partial charge in [0.25, 0.3) is 0 Å². The number of aliphatic hydroxyl groups excluding tert-OH is 1. The fourth-order valence-corrected chi connectivity index (χ4v) is 1.41. The highest BCUT2D eigenvalue weighted by Gasteiger charge is 2.04.